The molecule has 26 heavy (non-hydrogen) atoms. The van der Waals surface area contributed by atoms with Crippen molar-refractivity contribution in [2.75, 3.05) is 26.2 Å². The van der Waals surface area contributed by atoms with Crippen LogP contribution in [0.15, 0.2) is 39.6 Å². The Morgan fingerprint density at radius 3 is 2.73 bits per heavy atom. The predicted octanol–water partition coefficient (Wildman–Crippen LogP) is 1.18. The molecule has 0 spiro atoms. The van der Waals surface area contributed by atoms with Gasteiger partial charge in [-0.05, 0) is 6.07 Å². The highest BCUT2D eigenvalue weighted by Gasteiger charge is 2.24. The molecule has 0 unspecified atom stereocenters. The highest BCUT2D eigenvalue weighted by molar-refractivity contribution is 6.05. The lowest BCUT2D eigenvalue weighted by Crippen LogP contribution is -2.48. The maximum absolute atomic E-state index is 12.9. The van der Waals surface area contributed by atoms with Crippen LogP contribution >= 0.6 is 0 Å². The van der Waals surface area contributed by atoms with Crippen molar-refractivity contribution in [3.8, 4) is 0 Å². The van der Waals surface area contributed by atoms with E-state index in [-0.39, 0.29) is 11.5 Å². The number of rotatable bonds is 3. The minimum absolute atomic E-state index is 0.109. The number of pyridine rings is 1. The van der Waals surface area contributed by atoms with Crippen molar-refractivity contribution < 1.29 is 9.32 Å². The summed E-state index contributed by atoms with van der Waals surface area (Å²) in [6.45, 7) is 5.00. The van der Waals surface area contributed by atoms with Crippen LogP contribution in [0.3, 0.4) is 0 Å². The summed E-state index contributed by atoms with van der Waals surface area (Å²) in [5, 5.41) is 4.67. The number of aromatic amines is 1. The van der Waals surface area contributed by atoms with Gasteiger partial charge in [-0.2, -0.15) is 4.98 Å². The number of benzene rings is 1. The molecule has 3 heterocycles. The highest BCUT2D eigenvalue weighted by atomic mass is 16.5. The van der Waals surface area contributed by atoms with Crippen LogP contribution in [-0.2, 0) is 6.54 Å². The molecule has 4 rings (SSSR count). The number of hydrogen-bond donors (Lipinski definition) is 1. The third-order valence-electron chi connectivity index (χ3n) is 4.58. The van der Waals surface area contributed by atoms with Crippen LogP contribution in [0.25, 0.3) is 10.9 Å². The van der Waals surface area contributed by atoms with Crippen molar-refractivity contribution in [1.29, 1.82) is 0 Å². The van der Waals surface area contributed by atoms with Crippen LogP contribution in [0.1, 0.15) is 22.1 Å². The summed E-state index contributed by atoms with van der Waals surface area (Å²) in [6, 6.07) is 8.75. The second kappa shape index (κ2) is 6.72. The fraction of sp³-hybridized carbons (Fsp3) is 0.333. The Hall–Kier alpha value is -3.00. The van der Waals surface area contributed by atoms with Gasteiger partial charge in [0, 0.05) is 50.1 Å². The number of para-hydroxylation sites is 1. The first-order chi connectivity index (χ1) is 12.6. The second-order valence-electron chi connectivity index (χ2n) is 6.39. The van der Waals surface area contributed by atoms with Gasteiger partial charge in [-0.25, -0.2) is 0 Å². The summed E-state index contributed by atoms with van der Waals surface area (Å²) in [5.41, 5.74) is 0.860. The number of carbonyl (C=O) groups excluding carboxylic acids is 1. The van der Waals surface area contributed by atoms with Gasteiger partial charge < -0.3 is 14.4 Å². The zero-order valence-corrected chi connectivity index (χ0v) is 14.4. The van der Waals surface area contributed by atoms with E-state index in [2.05, 4.69) is 20.0 Å². The molecule has 0 radical (unpaired) electrons. The fourth-order valence-electron chi connectivity index (χ4n) is 3.27. The van der Waals surface area contributed by atoms with E-state index in [4.69, 9.17) is 4.52 Å². The van der Waals surface area contributed by atoms with Gasteiger partial charge in [-0.1, -0.05) is 23.4 Å². The molecule has 0 bridgehead atoms. The average molecular weight is 353 g/mol. The molecule has 1 fully saturated rings. The lowest BCUT2D eigenvalue weighted by Gasteiger charge is -2.34. The normalized spacial score (nSPS) is 15.5. The topological polar surface area (TPSA) is 95.3 Å². The molecular weight excluding hydrogens is 334 g/mol. The first-order valence-corrected chi connectivity index (χ1v) is 8.53. The number of amides is 1. The summed E-state index contributed by atoms with van der Waals surface area (Å²) in [6.07, 6.45) is 0. The molecule has 134 valence electrons. The van der Waals surface area contributed by atoms with Crippen molar-refractivity contribution >= 4 is 16.8 Å². The second-order valence-corrected chi connectivity index (χ2v) is 6.39. The van der Waals surface area contributed by atoms with Gasteiger partial charge >= 0.3 is 0 Å². The number of piperazine rings is 1. The summed E-state index contributed by atoms with van der Waals surface area (Å²) >= 11 is 0. The molecule has 1 aliphatic rings. The van der Waals surface area contributed by atoms with Gasteiger partial charge in [0.25, 0.3) is 5.91 Å². The van der Waals surface area contributed by atoms with Gasteiger partial charge in [0.2, 0.25) is 11.4 Å². The number of nitrogens with one attached hydrogen (secondary N) is 1. The van der Waals surface area contributed by atoms with Crippen LogP contribution < -0.4 is 5.56 Å². The largest absolute Gasteiger partial charge is 0.340 e. The number of fused-ring (bicyclic) bond motifs is 1. The van der Waals surface area contributed by atoms with Gasteiger partial charge in [-0.3, -0.25) is 14.5 Å². The number of aryl methyl sites for hydroxylation is 1. The number of H-pyrrole nitrogens is 1. The molecule has 3 aromatic rings. The van der Waals surface area contributed by atoms with Crippen molar-refractivity contribution in [3.05, 3.63) is 58.0 Å². The molecule has 1 amide bonds. The van der Waals surface area contributed by atoms with Gasteiger partial charge in [-0.15, -0.1) is 0 Å². The quantitative estimate of drug-likeness (QED) is 0.760. The number of nitrogens with zero attached hydrogens (tertiary/aromatic N) is 4. The molecule has 0 atom stereocenters. The number of hydrogen-bond acceptors (Lipinski definition) is 6. The summed E-state index contributed by atoms with van der Waals surface area (Å²) in [7, 11) is 0. The zero-order chi connectivity index (χ0) is 18.1. The van der Waals surface area contributed by atoms with E-state index >= 15 is 0 Å². The van der Waals surface area contributed by atoms with Crippen LogP contribution in [0.4, 0.5) is 0 Å². The Morgan fingerprint density at radius 2 is 2.00 bits per heavy atom. The van der Waals surface area contributed by atoms with Crippen molar-refractivity contribution in [1.82, 2.24) is 24.9 Å². The molecule has 1 N–H and O–H groups in total. The van der Waals surface area contributed by atoms with Crippen LogP contribution in [0.5, 0.6) is 0 Å². The molecule has 1 aliphatic heterocycles. The van der Waals surface area contributed by atoms with E-state index in [0.717, 1.165) is 18.5 Å². The Bertz CT molecular complexity index is 1000. The maximum Gasteiger partial charge on any atom is 0.254 e. The number of carbonyl (C=O) groups is 1. The van der Waals surface area contributed by atoms with Gasteiger partial charge in [0.1, 0.15) is 0 Å². The van der Waals surface area contributed by atoms with E-state index in [1.807, 2.05) is 18.2 Å². The summed E-state index contributed by atoms with van der Waals surface area (Å²) in [4.78, 5) is 35.8. The first-order valence-electron chi connectivity index (χ1n) is 8.53. The third-order valence-corrected chi connectivity index (χ3v) is 4.58. The van der Waals surface area contributed by atoms with E-state index < -0.39 is 0 Å². The summed E-state index contributed by atoms with van der Waals surface area (Å²) < 4.78 is 4.99. The Labute approximate surface area is 149 Å². The molecule has 1 saturated heterocycles. The predicted molar refractivity (Wildman–Crippen MR) is 94.8 cm³/mol. The van der Waals surface area contributed by atoms with E-state index in [9.17, 15) is 9.59 Å². The van der Waals surface area contributed by atoms with Crippen molar-refractivity contribution in [3.63, 3.8) is 0 Å². The number of aromatic nitrogens is 3. The zero-order valence-electron chi connectivity index (χ0n) is 14.4. The fourth-order valence-corrected chi connectivity index (χ4v) is 3.27. The molecule has 8 nitrogen and oxygen atoms in total. The Kier molecular flexibility index (Phi) is 4.26. The molecule has 0 aliphatic carbocycles. The van der Waals surface area contributed by atoms with Crippen LogP contribution in [0.2, 0.25) is 0 Å². The molecular formula is C18H19N5O3. The van der Waals surface area contributed by atoms with E-state index in [1.165, 1.54) is 6.07 Å². The SMILES string of the molecule is Cc1nc(CN2CCN(C(=O)c3cc(=O)[nH]c4ccccc34)CC2)no1. The van der Waals surface area contributed by atoms with Gasteiger partial charge in [0.15, 0.2) is 5.82 Å². The lowest BCUT2D eigenvalue weighted by atomic mass is 10.1. The third kappa shape index (κ3) is 3.23. The standard InChI is InChI=1S/C18H19N5O3/c1-12-19-16(21-26-12)11-22-6-8-23(9-7-22)18(25)14-10-17(24)20-15-5-3-2-4-13(14)15/h2-5,10H,6-9,11H2,1H3,(H,20,24). The molecule has 1 aromatic carbocycles. The summed E-state index contributed by atoms with van der Waals surface area (Å²) in [5.74, 6) is 1.10. The monoisotopic (exact) mass is 353 g/mol. The van der Waals surface area contributed by atoms with E-state index in [0.29, 0.717) is 42.4 Å². The molecule has 2 aromatic heterocycles. The maximum atomic E-state index is 12.9. The van der Waals surface area contributed by atoms with Crippen molar-refractivity contribution in [2.45, 2.75) is 13.5 Å². The minimum Gasteiger partial charge on any atom is -0.340 e. The smallest absolute Gasteiger partial charge is 0.254 e. The Morgan fingerprint density at radius 1 is 1.23 bits per heavy atom. The van der Waals surface area contributed by atoms with Gasteiger partial charge in [0.05, 0.1) is 12.1 Å². The van der Waals surface area contributed by atoms with Crippen molar-refractivity contribution in [2.24, 2.45) is 0 Å². The van der Waals surface area contributed by atoms with Crippen LogP contribution in [-0.4, -0.2) is 57.0 Å². The average Bonchev–Trinajstić information content (AvgIpc) is 3.06. The Balaban J connectivity index is 1.48. The molecule has 8 heteroatoms. The first kappa shape index (κ1) is 16.5. The molecule has 0 saturated carbocycles. The minimum atomic E-state index is -0.266. The van der Waals surface area contributed by atoms with Crippen LogP contribution in [0, 0.1) is 6.92 Å². The van der Waals surface area contributed by atoms with E-state index in [1.54, 1.807) is 17.9 Å². The lowest BCUT2D eigenvalue weighted by molar-refractivity contribution is 0.0626. The highest BCUT2D eigenvalue weighted by Crippen LogP contribution is 2.17.